The van der Waals surface area contributed by atoms with Crippen LogP contribution in [0, 0.1) is 0 Å². The van der Waals surface area contributed by atoms with Crippen LogP contribution in [0.25, 0.3) is 0 Å². The molecule has 0 atom stereocenters. The molecule has 2 heteroatoms. The first-order valence-electron chi connectivity index (χ1n) is 12.0. The summed E-state index contributed by atoms with van der Waals surface area (Å²) in [6.45, 7) is 6.57. The van der Waals surface area contributed by atoms with Crippen molar-refractivity contribution in [1.82, 2.24) is 0 Å². The Morgan fingerprint density at radius 2 is 0.577 bits per heavy atom. The zero-order valence-corrected chi connectivity index (χ0v) is 19.2. The number of hydrogen-bond acceptors (Lipinski definition) is 1. The molecule has 0 aliphatic rings. The van der Waals surface area contributed by atoms with Gasteiger partial charge < -0.3 is 4.74 Å². The van der Waals surface area contributed by atoms with Crippen LogP contribution in [0.3, 0.4) is 0 Å². The van der Waals surface area contributed by atoms with Crippen LogP contribution in [-0.4, -0.2) is 13.2 Å². The van der Waals surface area contributed by atoms with Gasteiger partial charge in [-0.3, -0.25) is 0 Å². The van der Waals surface area contributed by atoms with E-state index in [9.17, 15) is 0 Å². The molecular weight excluding hydrogens is 340 g/mol. The summed E-state index contributed by atoms with van der Waals surface area (Å²) in [5, 5.41) is 0. The predicted molar refractivity (Wildman–Crippen MR) is 122 cm³/mol. The Morgan fingerprint density at radius 1 is 0.346 bits per heavy atom. The van der Waals surface area contributed by atoms with Crippen LogP contribution in [0.15, 0.2) is 0 Å². The van der Waals surface area contributed by atoms with E-state index in [0.29, 0.717) is 0 Å². The highest BCUT2D eigenvalue weighted by Crippen LogP contribution is 2.12. The molecular formula is C24H51ClO. The monoisotopic (exact) mass is 390 g/mol. The van der Waals surface area contributed by atoms with Gasteiger partial charge in [-0.25, -0.2) is 0 Å². The number of unbranched alkanes of at least 4 members (excludes halogenated alkanes) is 18. The number of ether oxygens (including phenoxy) is 1. The van der Waals surface area contributed by atoms with Gasteiger partial charge in [0.05, 0.1) is 0 Å². The maximum absolute atomic E-state index is 5.78. The van der Waals surface area contributed by atoms with Crippen molar-refractivity contribution in [2.45, 2.75) is 142 Å². The molecule has 0 bridgehead atoms. The van der Waals surface area contributed by atoms with Gasteiger partial charge in [0.25, 0.3) is 0 Å². The van der Waals surface area contributed by atoms with E-state index in [4.69, 9.17) is 4.74 Å². The molecule has 0 N–H and O–H groups in total. The van der Waals surface area contributed by atoms with Crippen molar-refractivity contribution in [3.63, 3.8) is 0 Å². The molecule has 0 aliphatic carbocycles. The van der Waals surface area contributed by atoms with Gasteiger partial charge in [0.15, 0.2) is 0 Å². The van der Waals surface area contributed by atoms with Crippen molar-refractivity contribution in [1.29, 1.82) is 0 Å². The maximum Gasteiger partial charge on any atom is 0.0466 e. The maximum atomic E-state index is 5.78. The van der Waals surface area contributed by atoms with Crippen LogP contribution >= 0.6 is 12.4 Å². The second-order valence-corrected chi connectivity index (χ2v) is 7.98. The molecule has 0 amide bonds. The summed E-state index contributed by atoms with van der Waals surface area (Å²) in [5.41, 5.74) is 0. The Kier molecular flexibility index (Phi) is 30.1. The molecule has 1 nitrogen and oxygen atoms in total. The molecule has 0 saturated carbocycles. The van der Waals surface area contributed by atoms with Crippen molar-refractivity contribution >= 4 is 12.4 Å². The summed E-state index contributed by atoms with van der Waals surface area (Å²) in [6, 6.07) is 0. The molecule has 0 rings (SSSR count). The lowest BCUT2D eigenvalue weighted by Crippen LogP contribution is -1.97. The normalized spacial score (nSPS) is 10.8. The molecule has 0 aromatic carbocycles. The summed E-state index contributed by atoms with van der Waals surface area (Å²) in [5.74, 6) is 0. The van der Waals surface area contributed by atoms with Crippen molar-refractivity contribution in [3.05, 3.63) is 0 Å². The van der Waals surface area contributed by atoms with Crippen molar-refractivity contribution < 1.29 is 4.74 Å². The van der Waals surface area contributed by atoms with E-state index in [2.05, 4.69) is 13.8 Å². The van der Waals surface area contributed by atoms with Gasteiger partial charge in [0, 0.05) is 13.2 Å². The lowest BCUT2D eigenvalue weighted by molar-refractivity contribution is 0.125. The van der Waals surface area contributed by atoms with Gasteiger partial charge in [-0.1, -0.05) is 129 Å². The van der Waals surface area contributed by atoms with E-state index in [0.717, 1.165) is 13.2 Å². The summed E-state index contributed by atoms with van der Waals surface area (Å²) >= 11 is 0. The van der Waals surface area contributed by atoms with Crippen molar-refractivity contribution in [2.24, 2.45) is 0 Å². The molecule has 0 saturated heterocycles. The molecule has 0 spiro atoms. The van der Waals surface area contributed by atoms with E-state index in [1.54, 1.807) is 0 Å². The number of halogens is 1. The fourth-order valence-electron chi connectivity index (χ4n) is 3.49. The smallest absolute Gasteiger partial charge is 0.0466 e. The quantitative estimate of drug-likeness (QED) is 0.167. The van der Waals surface area contributed by atoms with Crippen LogP contribution < -0.4 is 0 Å². The van der Waals surface area contributed by atoms with Gasteiger partial charge in [-0.05, 0) is 12.8 Å². The molecule has 0 heterocycles. The third kappa shape index (κ3) is 26.5. The highest BCUT2D eigenvalue weighted by atomic mass is 35.5. The molecule has 26 heavy (non-hydrogen) atoms. The minimum Gasteiger partial charge on any atom is -0.381 e. The summed E-state index contributed by atoms with van der Waals surface area (Å²) in [6.07, 6.45) is 28.2. The van der Waals surface area contributed by atoms with Gasteiger partial charge >= 0.3 is 0 Å². The Hall–Kier alpha value is 0.250. The molecule has 0 aromatic heterocycles. The van der Waals surface area contributed by atoms with E-state index >= 15 is 0 Å². The standard InChI is InChI=1S/C24H50O.ClH/c1-3-5-7-9-11-13-15-17-19-21-23-25-24-22-20-18-16-14-12-10-8-6-4-2;/h3-24H2,1-2H3;1H. The van der Waals surface area contributed by atoms with Gasteiger partial charge in [-0.15, -0.1) is 12.4 Å². The number of hydrogen-bond donors (Lipinski definition) is 0. The second-order valence-electron chi connectivity index (χ2n) is 7.98. The van der Waals surface area contributed by atoms with Gasteiger partial charge in [0.1, 0.15) is 0 Å². The Morgan fingerprint density at radius 3 is 0.846 bits per heavy atom. The van der Waals surface area contributed by atoms with Crippen molar-refractivity contribution in [2.75, 3.05) is 13.2 Å². The third-order valence-corrected chi connectivity index (χ3v) is 5.28. The minimum absolute atomic E-state index is 0. The van der Waals surface area contributed by atoms with Crippen LogP contribution in [-0.2, 0) is 4.74 Å². The van der Waals surface area contributed by atoms with Crippen LogP contribution in [0.5, 0.6) is 0 Å². The zero-order valence-electron chi connectivity index (χ0n) is 18.4. The molecule has 0 aromatic rings. The molecule has 0 radical (unpaired) electrons. The third-order valence-electron chi connectivity index (χ3n) is 5.28. The largest absolute Gasteiger partial charge is 0.381 e. The highest BCUT2D eigenvalue weighted by Gasteiger charge is 1.95. The topological polar surface area (TPSA) is 9.23 Å². The number of rotatable bonds is 22. The fourth-order valence-corrected chi connectivity index (χ4v) is 3.49. The second kappa shape index (κ2) is 27.5. The highest BCUT2D eigenvalue weighted by molar-refractivity contribution is 5.85. The SMILES string of the molecule is CCCCCCCCCCCCOCCCCCCCCCCCC.Cl. The first kappa shape index (κ1) is 28.5. The Bertz CT molecular complexity index is 198. The van der Waals surface area contributed by atoms with Gasteiger partial charge in [-0.2, -0.15) is 0 Å². The fraction of sp³-hybridized carbons (Fsp3) is 1.00. The Labute approximate surface area is 172 Å². The zero-order chi connectivity index (χ0) is 18.3. The summed E-state index contributed by atoms with van der Waals surface area (Å²) in [4.78, 5) is 0. The molecule has 0 fully saturated rings. The van der Waals surface area contributed by atoms with E-state index < -0.39 is 0 Å². The lowest BCUT2D eigenvalue weighted by Gasteiger charge is -2.05. The van der Waals surface area contributed by atoms with Crippen molar-refractivity contribution in [3.8, 4) is 0 Å². The van der Waals surface area contributed by atoms with E-state index in [-0.39, 0.29) is 12.4 Å². The minimum atomic E-state index is 0. The van der Waals surface area contributed by atoms with Crippen LogP contribution in [0.1, 0.15) is 142 Å². The van der Waals surface area contributed by atoms with E-state index in [1.165, 1.54) is 128 Å². The molecule has 0 aliphatic heterocycles. The first-order chi connectivity index (χ1) is 12.4. The average Bonchev–Trinajstić information content (AvgIpc) is 2.63. The lowest BCUT2D eigenvalue weighted by atomic mass is 10.1. The van der Waals surface area contributed by atoms with Gasteiger partial charge in [0.2, 0.25) is 0 Å². The average molecular weight is 391 g/mol. The Balaban J connectivity index is 0. The summed E-state index contributed by atoms with van der Waals surface area (Å²) in [7, 11) is 0. The molecule has 0 unspecified atom stereocenters. The van der Waals surface area contributed by atoms with Crippen LogP contribution in [0.4, 0.5) is 0 Å². The molecule has 160 valence electrons. The summed E-state index contributed by atoms with van der Waals surface area (Å²) < 4.78 is 5.78. The van der Waals surface area contributed by atoms with E-state index in [1.807, 2.05) is 0 Å². The first-order valence-corrected chi connectivity index (χ1v) is 12.0. The van der Waals surface area contributed by atoms with Crippen LogP contribution in [0.2, 0.25) is 0 Å². The predicted octanol–water partition coefficient (Wildman–Crippen LogP) is 9.27.